The number of rotatable bonds is 17. The zero-order chi connectivity index (χ0) is 18.2. The molecule has 150 valence electrons. The normalized spacial score (nSPS) is 19.6. The van der Waals surface area contributed by atoms with E-state index >= 15 is 0 Å². The molecule has 2 unspecified atom stereocenters. The van der Waals surface area contributed by atoms with Crippen molar-refractivity contribution in [3.05, 3.63) is 0 Å². The van der Waals surface area contributed by atoms with Crippen molar-refractivity contribution in [2.45, 2.75) is 129 Å². The molecule has 1 fully saturated rings. The van der Waals surface area contributed by atoms with E-state index in [2.05, 4.69) is 24.1 Å². The van der Waals surface area contributed by atoms with E-state index in [0.717, 1.165) is 13.1 Å². The molecule has 3 heteroatoms. The average molecular weight is 354 g/mol. The lowest BCUT2D eigenvalue weighted by molar-refractivity contribution is 0.174. The summed E-state index contributed by atoms with van der Waals surface area (Å²) in [7, 11) is 0. The Hall–Kier alpha value is -0.120. The number of nitrogens with zero attached hydrogens (tertiary/aromatic N) is 1. The van der Waals surface area contributed by atoms with Gasteiger partial charge >= 0.3 is 0 Å². The second kappa shape index (κ2) is 16.1. The third-order valence-corrected chi connectivity index (χ3v) is 5.75. The van der Waals surface area contributed by atoms with E-state index in [9.17, 15) is 0 Å². The highest BCUT2D eigenvalue weighted by molar-refractivity contribution is 4.79. The fraction of sp³-hybridized carbons (Fsp3) is 1.00. The van der Waals surface area contributed by atoms with Gasteiger partial charge in [0.2, 0.25) is 0 Å². The van der Waals surface area contributed by atoms with Crippen LogP contribution in [0.25, 0.3) is 0 Å². The van der Waals surface area contributed by atoms with Crippen molar-refractivity contribution >= 4 is 0 Å². The fourth-order valence-electron chi connectivity index (χ4n) is 4.10. The highest BCUT2D eigenvalue weighted by Gasteiger charge is 2.25. The predicted octanol–water partition coefficient (Wildman–Crippen LogP) is 5.78. The van der Waals surface area contributed by atoms with E-state index in [4.69, 9.17) is 5.73 Å². The second-order valence-corrected chi connectivity index (χ2v) is 8.19. The lowest BCUT2D eigenvalue weighted by Gasteiger charge is -2.27. The van der Waals surface area contributed by atoms with Crippen LogP contribution < -0.4 is 11.1 Å². The lowest BCUT2D eigenvalue weighted by Crippen LogP contribution is -2.45. The van der Waals surface area contributed by atoms with Crippen LogP contribution in [0.2, 0.25) is 0 Å². The van der Waals surface area contributed by atoms with Gasteiger partial charge < -0.3 is 11.1 Å². The zero-order valence-electron chi connectivity index (χ0n) is 17.4. The van der Waals surface area contributed by atoms with Crippen LogP contribution in [0.4, 0.5) is 0 Å². The van der Waals surface area contributed by atoms with E-state index in [-0.39, 0.29) is 6.17 Å². The van der Waals surface area contributed by atoms with Crippen molar-refractivity contribution in [2.75, 3.05) is 13.1 Å². The summed E-state index contributed by atoms with van der Waals surface area (Å²) in [6, 6.07) is 0. The van der Waals surface area contributed by atoms with Crippen molar-refractivity contribution in [3.8, 4) is 0 Å². The van der Waals surface area contributed by atoms with Crippen molar-refractivity contribution in [1.82, 2.24) is 10.2 Å². The Morgan fingerprint density at radius 1 is 0.800 bits per heavy atom. The molecule has 25 heavy (non-hydrogen) atoms. The number of unbranched alkanes of at least 4 members (excludes halogenated alkanes) is 14. The van der Waals surface area contributed by atoms with Gasteiger partial charge in [-0.2, -0.15) is 0 Å². The summed E-state index contributed by atoms with van der Waals surface area (Å²) < 4.78 is 0. The van der Waals surface area contributed by atoms with Gasteiger partial charge in [-0.1, -0.05) is 103 Å². The smallest absolute Gasteiger partial charge is 0.0611 e. The molecule has 1 saturated heterocycles. The minimum Gasteiger partial charge on any atom is -0.316 e. The minimum atomic E-state index is 0.191. The second-order valence-electron chi connectivity index (χ2n) is 8.19. The molecule has 0 aromatic carbocycles. The lowest BCUT2D eigenvalue weighted by atomic mass is 10.0. The first-order valence-corrected chi connectivity index (χ1v) is 11.5. The Labute approximate surface area is 158 Å². The van der Waals surface area contributed by atoms with E-state index in [0.29, 0.717) is 6.17 Å². The summed E-state index contributed by atoms with van der Waals surface area (Å²) in [5, 5.41) is 3.58. The Balaban J connectivity index is 1.76. The number of nitrogens with two attached hydrogens (primary N) is 1. The van der Waals surface area contributed by atoms with Gasteiger partial charge in [-0.25, -0.2) is 0 Å². The van der Waals surface area contributed by atoms with Crippen molar-refractivity contribution < 1.29 is 0 Å². The van der Waals surface area contributed by atoms with Gasteiger partial charge in [-0.05, 0) is 13.3 Å². The van der Waals surface area contributed by atoms with Crippen LogP contribution >= 0.6 is 0 Å². The summed E-state index contributed by atoms with van der Waals surface area (Å²) in [4.78, 5) is 2.41. The molecule has 3 N–H and O–H groups in total. The van der Waals surface area contributed by atoms with E-state index < -0.39 is 0 Å². The molecule has 1 heterocycles. The first-order valence-electron chi connectivity index (χ1n) is 11.5. The Bertz CT molecular complexity index is 280. The van der Waals surface area contributed by atoms with Crippen molar-refractivity contribution in [3.63, 3.8) is 0 Å². The topological polar surface area (TPSA) is 41.3 Å². The maximum absolute atomic E-state index is 6.03. The third kappa shape index (κ3) is 12.0. The Morgan fingerprint density at radius 2 is 1.24 bits per heavy atom. The standard InChI is InChI=1S/C22H47N3/c1-3-4-5-6-7-8-9-10-11-12-13-14-15-16-17-18-22-24-19-20-25(22)21(2)23/h21-22,24H,3-20,23H2,1-2H3. The van der Waals surface area contributed by atoms with E-state index in [1.807, 2.05) is 0 Å². The highest BCUT2D eigenvalue weighted by Crippen LogP contribution is 2.16. The molecule has 0 aromatic heterocycles. The summed E-state index contributed by atoms with van der Waals surface area (Å²) in [6.07, 6.45) is 23.5. The molecule has 1 aliphatic heterocycles. The molecule has 0 saturated carbocycles. The molecular weight excluding hydrogens is 306 g/mol. The molecule has 0 aromatic rings. The predicted molar refractivity (Wildman–Crippen MR) is 112 cm³/mol. The molecule has 0 aliphatic carbocycles. The third-order valence-electron chi connectivity index (χ3n) is 5.75. The van der Waals surface area contributed by atoms with Crippen LogP contribution in [0.3, 0.4) is 0 Å². The maximum atomic E-state index is 6.03. The zero-order valence-corrected chi connectivity index (χ0v) is 17.4. The molecule has 2 atom stereocenters. The van der Waals surface area contributed by atoms with Gasteiger partial charge in [0.15, 0.2) is 0 Å². The van der Waals surface area contributed by atoms with Gasteiger partial charge in [0.25, 0.3) is 0 Å². The van der Waals surface area contributed by atoms with Gasteiger partial charge in [-0.15, -0.1) is 0 Å². The number of hydrogen-bond acceptors (Lipinski definition) is 3. The van der Waals surface area contributed by atoms with E-state index in [1.165, 1.54) is 103 Å². The number of hydrogen-bond donors (Lipinski definition) is 2. The van der Waals surface area contributed by atoms with Crippen LogP contribution in [0, 0.1) is 0 Å². The van der Waals surface area contributed by atoms with Crippen molar-refractivity contribution in [2.24, 2.45) is 5.73 Å². The molecule has 0 bridgehead atoms. The van der Waals surface area contributed by atoms with E-state index in [1.54, 1.807) is 0 Å². The number of nitrogens with one attached hydrogen (secondary N) is 1. The molecule has 1 rings (SSSR count). The first-order chi connectivity index (χ1) is 12.3. The average Bonchev–Trinajstić information content (AvgIpc) is 3.07. The monoisotopic (exact) mass is 353 g/mol. The molecule has 0 spiro atoms. The molecule has 0 amide bonds. The van der Waals surface area contributed by atoms with Gasteiger partial charge in [0, 0.05) is 13.1 Å². The van der Waals surface area contributed by atoms with Crippen LogP contribution in [-0.4, -0.2) is 30.3 Å². The van der Waals surface area contributed by atoms with Crippen LogP contribution in [0.15, 0.2) is 0 Å². The van der Waals surface area contributed by atoms with Gasteiger partial charge in [0.05, 0.1) is 12.3 Å². The van der Waals surface area contributed by atoms with Crippen LogP contribution in [-0.2, 0) is 0 Å². The largest absolute Gasteiger partial charge is 0.316 e. The van der Waals surface area contributed by atoms with Crippen LogP contribution in [0.5, 0.6) is 0 Å². The minimum absolute atomic E-state index is 0.191. The first kappa shape index (κ1) is 22.9. The summed E-state index contributed by atoms with van der Waals surface area (Å²) in [5.74, 6) is 0. The Morgan fingerprint density at radius 3 is 1.68 bits per heavy atom. The molecule has 0 radical (unpaired) electrons. The van der Waals surface area contributed by atoms with Crippen LogP contribution in [0.1, 0.15) is 117 Å². The SMILES string of the molecule is CCCCCCCCCCCCCCCCCC1NCCN1C(C)N. The highest BCUT2D eigenvalue weighted by atomic mass is 15.4. The van der Waals surface area contributed by atoms with Gasteiger partial charge in [0.1, 0.15) is 0 Å². The van der Waals surface area contributed by atoms with Gasteiger partial charge in [-0.3, -0.25) is 4.90 Å². The fourth-order valence-corrected chi connectivity index (χ4v) is 4.10. The summed E-state index contributed by atoms with van der Waals surface area (Å²) in [6.45, 7) is 6.61. The quantitative estimate of drug-likeness (QED) is 0.325. The van der Waals surface area contributed by atoms with Crippen molar-refractivity contribution in [1.29, 1.82) is 0 Å². The summed E-state index contributed by atoms with van der Waals surface area (Å²) >= 11 is 0. The molecule has 3 nitrogen and oxygen atoms in total. The molecular formula is C22H47N3. The molecule has 1 aliphatic rings. The summed E-state index contributed by atoms with van der Waals surface area (Å²) in [5.41, 5.74) is 6.03. The maximum Gasteiger partial charge on any atom is 0.0611 e. The Kier molecular flexibility index (Phi) is 14.7.